The maximum atomic E-state index is 12.6. The summed E-state index contributed by atoms with van der Waals surface area (Å²) < 4.78 is 17.9. The van der Waals surface area contributed by atoms with Crippen LogP contribution in [0.4, 0.5) is 0 Å². The summed E-state index contributed by atoms with van der Waals surface area (Å²) in [6.07, 6.45) is 0.428. The van der Waals surface area contributed by atoms with Crippen LogP contribution in [-0.4, -0.2) is 96.2 Å². The van der Waals surface area contributed by atoms with Crippen molar-refractivity contribution < 1.29 is 34.3 Å². The monoisotopic (exact) mass is 465 g/mol. The van der Waals surface area contributed by atoms with Crippen LogP contribution in [0, 0.1) is 40.4 Å². The number of piperidine rings is 1. The van der Waals surface area contributed by atoms with Crippen LogP contribution in [0.25, 0.3) is 0 Å². The molecule has 5 saturated carbocycles. The van der Waals surface area contributed by atoms with Gasteiger partial charge in [0.2, 0.25) is 0 Å². The van der Waals surface area contributed by atoms with Gasteiger partial charge in [-0.2, -0.15) is 0 Å². The molecule has 0 aromatic rings. The zero-order chi connectivity index (χ0) is 23.5. The molecule has 8 nitrogen and oxygen atoms in total. The number of rotatable bonds is 5. The normalized spacial score (nSPS) is 58.4. The molecule has 1 saturated heterocycles. The average molecular weight is 466 g/mol. The number of methoxy groups -OCH3 is 2. The quantitative estimate of drug-likeness (QED) is 0.502. The van der Waals surface area contributed by atoms with Crippen molar-refractivity contribution in [3.63, 3.8) is 0 Å². The highest BCUT2D eigenvalue weighted by Crippen LogP contribution is 2.79. The molecular weight excluding hydrogens is 426 g/mol. The molecule has 13 atom stereocenters. The molecule has 13 unspecified atom stereocenters. The van der Waals surface area contributed by atoms with Crippen LogP contribution < -0.4 is 0 Å². The number of nitrogens with zero attached hydrogens (tertiary/aromatic N) is 1. The Morgan fingerprint density at radius 2 is 1.91 bits per heavy atom. The molecule has 0 radical (unpaired) electrons. The predicted octanol–water partition coefficient (Wildman–Crippen LogP) is 0.419. The number of ether oxygens (including phenoxy) is 3. The van der Waals surface area contributed by atoms with E-state index in [9.17, 15) is 20.1 Å². The van der Waals surface area contributed by atoms with E-state index in [2.05, 4.69) is 11.8 Å². The molecule has 6 rings (SSSR count). The maximum Gasteiger partial charge on any atom is 0.303 e. The second kappa shape index (κ2) is 7.14. The lowest BCUT2D eigenvalue weighted by Crippen LogP contribution is -2.76. The van der Waals surface area contributed by atoms with Crippen LogP contribution >= 0.6 is 0 Å². The van der Waals surface area contributed by atoms with E-state index in [1.807, 2.05) is 0 Å². The summed E-state index contributed by atoms with van der Waals surface area (Å²) >= 11 is 0. The Bertz CT molecular complexity index is 840. The van der Waals surface area contributed by atoms with Crippen LogP contribution in [0.15, 0.2) is 0 Å². The first-order valence-electron chi connectivity index (χ1n) is 12.7. The smallest absolute Gasteiger partial charge is 0.303 e. The number of fused-ring (bicyclic) bond motifs is 2. The van der Waals surface area contributed by atoms with Gasteiger partial charge in [-0.1, -0.05) is 6.92 Å². The molecule has 1 heterocycles. The number of aliphatic hydroxyl groups excluding tert-OH is 3. The fourth-order valence-electron chi connectivity index (χ4n) is 10.9. The minimum Gasteiger partial charge on any atom is -0.458 e. The Morgan fingerprint density at radius 1 is 1.15 bits per heavy atom. The fourth-order valence-corrected chi connectivity index (χ4v) is 10.9. The Kier molecular flexibility index (Phi) is 4.91. The number of aliphatic hydroxyl groups is 3. The number of carbonyl (C=O) groups excluding carboxylic acids is 1. The molecular formula is C25H39NO7. The summed E-state index contributed by atoms with van der Waals surface area (Å²) in [6, 6.07) is -0.107. The standard InChI is InChI=1S/C25H39NO7/c1-5-26-10-23(11-31-3)7-6-16(28)25-14-8-13-15(32-4)9-24(33-12(2)27,17(14)19(13)29)18(22(25)26)20(30)21(23)25/h13-22,28-30H,5-11H2,1-4H3. The van der Waals surface area contributed by atoms with Gasteiger partial charge in [-0.3, -0.25) is 9.69 Å². The Morgan fingerprint density at radius 3 is 2.55 bits per heavy atom. The number of carbonyl (C=O) groups is 1. The van der Waals surface area contributed by atoms with Gasteiger partial charge >= 0.3 is 5.97 Å². The van der Waals surface area contributed by atoms with Gasteiger partial charge in [0.25, 0.3) is 0 Å². The molecule has 1 aliphatic heterocycles. The number of esters is 1. The van der Waals surface area contributed by atoms with Gasteiger partial charge in [0.15, 0.2) is 0 Å². The van der Waals surface area contributed by atoms with E-state index in [1.54, 1.807) is 14.2 Å². The second-order valence-electron chi connectivity index (χ2n) is 11.9. The van der Waals surface area contributed by atoms with E-state index < -0.39 is 29.3 Å². The minimum atomic E-state index is -1.01. The minimum absolute atomic E-state index is 0.0543. The van der Waals surface area contributed by atoms with E-state index >= 15 is 0 Å². The van der Waals surface area contributed by atoms with Gasteiger partial charge in [-0.05, 0) is 31.7 Å². The summed E-state index contributed by atoms with van der Waals surface area (Å²) in [5, 5.41) is 35.6. The highest BCUT2D eigenvalue weighted by atomic mass is 16.6. The molecule has 6 aliphatic rings. The van der Waals surface area contributed by atoms with Crippen molar-refractivity contribution in [1.82, 2.24) is 4.90 Å². The van der Waals surface area contributed by atoms with Crippen molar-refractivity contribution in [1.29, 1.82) is 0 Å². The van der Waals surface area contributed by atoms with Crippen molar-refractivity contribution in [3.05, 3.63) is 0 Å². The molecule has 6 fully saturated rings. The third kappa shape index (κ3) is 2.36. The van der Waals surface area contributed by atoms with Crippen molar-refractivity contribution in [2.75, 3.05) is 33.9 Å². The molecule has 8 heteroatoms. The summed E-state index contributed by atoms with van der Waals surface area (Å²) in [4.78, 5) is 15.0. The molecule has 5 aliphatic carbocycles. The molecule has 0 aromatic carbocycles. The summed E-state index contributed by atoms with van der Waals surface area (Å²) in [5.74, 6) is -1.33. The van der Waals surface area contributed by atoms with Gasteiger partial charge in [-0.15, -0.1) is 0 Å². The van der Waals surface area contributed by atoms with Crippen molar-refractivity contribution in [2.45, 2.75) is 75.6 Å². The summed E-state index contributed by atoms with van der Waals surface area (Å²) in [6.45, 7) is 5.68. The maximum absolute atomic E-state index is 12.6. The molecule has 0 amide bonds. The first-order chi connectivity index (χ1) is 15.7. The predicted molar refractivity (Wildman–Crippen MR) is 117 cm³/mol. The largest absolute Gasteiger partial charge is 0.458 e. The number of hydrogen-bond donors (Lipinski definition) is 3. The third-order valence-corrected chi connectivity index (χ3v) is 11.2. The van der Waals surface area contributed by atoms with Crippen LogP contribution in [0.2, 0.25) is 0 Å². The Labute approximate surface area is 195 Å². The van der Waals surface area contributed by atoms with Crippen LogP contribution in [-0.2, 0) is 19.0 Å². The van der Waals surface area contributed by atoms with Crippen LogP contribution in [0.3, 0.4) is 0 Å². The fraction of sp³-hybridized carbons (Fsp3) is 0.960. The van der Waals surface area contributed by atoms with Gasteiger partial charge in [-0.25, -0.2) is 0 Å². The topological polar surface area (TPSA) is 109 Å². The Balaban J connectivity index is 1.63. The van der Waals surface area contributed by atoms with Gasteiger partial charge in [0.05, 0.1) is 31.0 Å². The van der Waals surface area contributed by atoms with Crippen molar-refractivity contribution >= 4 is 5.97 Å². The van der Waals surface area contributed by atoms with Gasteiger partial charge in [0, 0.05) is 74.7 Å². The van der Waals surface area contributed by atoms with Crippen LogP contribution in [0.5, 0.6) is 0 Å². The first-order valence-corrected chi connectivity index (χ1v) is 12.7. The highest BCUT2D eigenvalue weighted by Gasteiger charge is 2.87. The highest BCUT2D eigenvalue weighted by molar-refractivity contribution is 5.67. The van der Waals surface area contributed by atoms with E-state index in [0.717, 1.165) is 25.9 Å². The third-order valence-electron chi connectivity index (χ3n) is 11.2. The van der Waals surface area contributed by atoms with E-state index in [1.165, 1.54) is 6.92 Å². The van der Waals surface area contributed by atoms with Crippen molar-refractivity contribution in [2.24, 2.45) is 40.4 Å². The van der Waals surface area contributed by atoms with Gasteiger partial charge in [0.1, 0.15) is 5.60 Å². The van der Waals surface area contributed by atoms with Crippen LogP contribution in [0.1, 0.15) is 39.5 Å². The summed E-state index contributed by atoms with van der Waals surface area (Å²) in [7, 11) is 3.38. The summed E-state index contributed by atoms with van der Waals surface area (Å²) in [5.41, 5.74) is -1.83. The average Bonchev–Trinajstić information content (AvgIpc) is 3.15. The first kappa shape index (κ1) is 22.7. The molecule has 33 heavy (non-hydrogen) atoms. The van der Waals surface area contributed by atoms with E-state index in [4.69, 9.17) is 14.2 Å². The second-order valence-corrected chi connectivity index (χ2v) is 11.9. The SMILES string of the molecule is CCN1CC2(COC)CCC(O)C34C5CC6C(OC)CC(OC(C)=O)(C5C6O)C(C(O)C23)C14. The molecule has 186 valence electrons. The number of hydrogen-bond acceptors (Lipinski definition) is 8. The van der Waals surface area contributed by atoms with E-state index in [-0.39, 0.29) is 53.1 Å². The molecule has 0 aromatic heterocycles. The Hall–Kier alpha value is -0.770. The lowest BCUT2D eigenvalue weighted by Gasteiger charge is -2.69. The lowest BCUT2D eigenvalue weighted by atomic mass is 9.43. The number of likely N-dealkylation sites (tertiary alicyclic amines) is 1. The molecule has 3 N–H and O–H groups in total. The lowest BCUT2D eigenvalue weighted by molar-refractivity contribution is -0.277. The molecule has 7 bridgehead atoms. The molecule has 1 spiro atoms. The van der Waals surface area contributed by atoms with Crippen molar-refractivity contribution in [3.8, 4) is 0 Å². The zero-order valence-electron chi connectivity index (χ0n) is 20.1. The van der Waals surface area contributed by atoms with Gasteiger partial charge < -0.3 is 29.5 Å². The zero-order valence-corrected chi connectivity index (χ0v) is 20.1. The van der Waals surface area contributed by atoms with E-state index in [0.29, 0.717) is 19.4 Å².